The first-order valence-electron chi connectivity index (χ1n) is 4.89. The van der Waals surface area contributed by atoms with E-state index in [2.05, 4.69) is 31.9 Å². The van der Waals surface area contributed by atoms with Gasteiger partial charge in [-0.2, -0.15) is 30.7 Å². The molecule has 0 aromatic heterocycles. The molecule has 0 aliphatic rings. The first kappa shape index (κ1) is 18.2. The van der Waals surface area contributed by atoms with Gasteiger partial charge in [0.15, 0.2) is 0 Å². The topological polar surface area (TPSA) is 29.1 Å². The van der Waals surface area contributed by atoms with Crippen molar-refractivity contribution in [3.05, 3.63) is 27.1 Å². The van der Waals surface area contributed by atoms with Gasteiger partial charge in [0.2, 0.25) is 0 Å². The average Bonchev–Trinajstić information content (AvgIpc) is 2.30. The Kier molecular flexibility index (Phi) is 4.98. The molecule has 0 fully saturated rings. The molecule has 0 spiro atoms. The largest absolute Gasteiger partial charge is 0.460 e. The quantitative estimate of drug-likeness (QED) is 0.652. The lowest BCUT2D eigenvalue weighted by Gasteiger charge is -2.27. The number of amides is 1. The molecule has 0 bridgehead atoms. The Morgan fingerprint density at radius 3 is 1.95 bits per heavy atom. The van der Waals surface area contributed by atoms with Crippen molar-refractivity contribution in [2.24, 2.45) is 0 Å². The third-order valence-corrected chi connectivity index (χ3v) is 3.36. The third-order valence-electron chi connectivity index (χ3n) is 2.21. The molecule has 0 aliphatic carbocycles. The van der Waals surface area contributed by atoms with Gasteiger partial charge in [0.1, 0.15) is 0 Å². The van der Waals surface area contributed by atoms with Crippen LogP contribution in [0.25, 0.3) is 0 Å². The summed E-state index contributed by atoms with van der Waals surface area (Å²) in [5, 5.41) is 1.32. The Bertz CT molecular complexity index is 559. The fourth-order valence-electron chi connectivity index (χ4n) is 1.11. The van der Waals surface area contributed by atoms with Gasteiger partial charge in [-0.25, -0.2) is 0 Å². The summed E-state index contributed by atoms with van der Waals surface area (Å²) in [6.07, 6.45) is -6.56. The first-order valence-corrected chi connectivity index (χ1v) is 6.48. The Morgan fingerprint density at radius 2 is 1.52 bits per heavy atom. The van der Waals surface area contributed by atoms with Crippen LogP contribution in [-0.2, 0) is 4.79 Å². The Hall–Kier alpha value is -0.840. The molecular weight excluding hydrogens is 443 g/mol. The van der Waals surface area contributed by atoms with E-state index in [0.29, 0.717) is 4.47 Å². The van der Waals surface area contributed by atoms with Gasteiger partial charge in [-0.05, 0) is 34.1 Å². The lowest BCUT2D eigenvalue weighted by Crippen LogP contribution is -2.57. The number of hydrogen-bond donors (Lipinski definition) is 1. The van der Waals surface area contributed by atoms with E-state index in [9.17, 15) is 35.5 Å². The molecule has 1 rings (SSSR count). The van der Waals surface area contributed by atoms with Crippen molar-refractivity contribution in [2.75, 3.05) is 5.32 Å². The van der Waals surface area contributed by atoms with Crippen molar-refractivity contribution < 1.29 is 35.5 Å². The monoisotopic (exact) mass is 445 g/mol. The minimum Gasteiger partial charge on any atom is -0.320 e. The molecule has 2 nitrogen and oxygen atoms in total. The molecule has 1 amide bonds. The van der Waals surface area contributed by atoms with Gasteiger partial charge in [0.05, 0.1) is 5.69 Å². The molecule has 0 unspecified atom stereocenters. The van der Waals surface area contributed by atoms with Crippen LogP contribution < -0.4 is 5.32 Å². The molecule has 1 aromatic carbocycles. The lowest BCUT2D eigenvalue weighted by atomic mass is 10.1. The normalized spacial score (nSPS) is 13.2. The number of carbonyl (C=O) groups is 1. The number of hydrogen-bond acceptors (Lipinski definition) is 1. The van der Waals surface area contributed by atoms with E-state index in [4.69, 9.17) is 0 Å². The highest BCUT2D eigenvalue weighted by Gasteiger charge is 2.76. The lowest BCUT2D eigenvalue weighted by molar-refractivity contribution is -0.343. The van der Waals surface area contributed by atoms with Crippen LogP contribution in [0.3, 0.4) is 0 Å². The molecule has 0 saturated heterocycles. The Labute approximate surface area is 129 Å². The second-order valence-corrected chi connectivity index (χ2v) is 5.49. The average molecular weight is 447 g/mol. The van der Waals surface area contributed by atoms with Gasteiger partial charge in [0.25, 0.3) is 0 Å². The molecule has 118 valence electrons. The zero-order valence-corrected chi connectivity index (χ0v) is 12.7. The van der Waals surface area contributed by atoms with Gasteiger partial charge < -0.3 is 5.32 Å². The van der Waals surface area contributed by atoms with E-state index in [1.165, 1.54) is 17.4 Å². The molecule has 0 heterocycles. The Morgan fingerprint density at radius 1 is 1.00 bits per heavy atom. The van der Waals surface area contributed by atoms with Crippen LogP contribution in [0.5, 0.6) is 0 Å². The first-order chi connectivity index (χ1) is 9.30. The number of nitrogens with one attached hydrogen (secondary N) is 1. The summed E-state index contributed by atoms with van der Waals surface area (Å²) in [5.74, 6) is -15.2. The molecular formula is C10H4Br2F7NO. The van der Waals surface area contributed by atoms with E-state index < -0.39 is 23.9 Å². The van der Waals surface area contributed by atoms with Gasteiger partial charge in [-0.3, -0.25) is 4.79 Å². The maximum atomic E-state index is 13.1. The van der Waals surface area contributed by atoms with Crippen molar-refractivity contribution >= 4 is 43.5 Å². The van der Waals surface area contributed by atoms with Gasteiger partial charge in [-0.15, -0.1) is 0 Å². The minimum absolute atomic E-state index is 0.0105. The molecule has 11 heteroatoms. The number of alkyl halides is 7. The zero-order chi connectivity index (χ0) is 16.6. The van der Waals surface area contributed by atoms with Crippen molar-refractivity contribution in [1.82, 2.24) is 0 Å². The maximum Gasteiger partial charge on any atom is 0.460 e. The molecule has 0 atom stereocenters. The molecule has 1 aromatic rings. The van der Waals surface area contributed by atoms with Gasteiger partial charge >= 0.3 is 23.9 Å². The predicted molar refractivity (Wildman–Crippen MR) is 66.4 cm³/mol. The molecule has 0 aliphatic heterocycles. The van der Waals surface area contributed by atoms with Crippen molar-refractivity contribution in [3.63, 3.8) is 0 Å². The Balaban J connectivity index is 3.07. The smallest absolute Gasteiger partial charge is 0.320 e. The van der Waals surface area contributed by atoms with E-state index >= 15 is 0 Å². The highest BCUT2D eigenvalue weighted by atomic mass is 79.9. The van der Waals surface area contributed by atoms with Crippen LogP contribution in [-0.4, -0.2) is 23.9 Å². The highest BCUT2D eigenvalue weighted by molar-refractivity contribution is 9.11. The number of carbonyl (C=O) groups excluding carboxylic acids is 1. The van der Waals surface area contributed by atoms with E-state index in [1.807, 2.05) is 0 Å². The summed E-state index contributed by atoms with van der Waals surface area (Å²) in [7, 11) is 0. The summed E-state index contributed by atoms with van der Waals surface area (Å²) in [5.41, 5.74) is -0.388. The second-order valence-electron chi connectivity index (χ2n) is 3.72. The molecule has 0 radical (unpaired) electrons. The van der Waals surface area contributed by atoms with Crippen LogP contribution >= 0.6 is 31.9 Å². The molecule has 1 N–H and O–H groups in total. The zero-order valence-electron chi connectivity index (χ0n) is 9.54. The van der Waals surface area contributed by atoms with E-state index in [0.717, 1.165) is 6.07 Å². The SMILES string of the molecule is O=C(Nc1ccc(Br)cc1Br)C(F)(F)C(F)(F)C(F)(F)F. The van der Waals surface area contributed by atoms with Crippen LogP contribution in [0.1, 0.15) is 0 Å². The number of halogens is 9. The van der Waals surface area contributed by atoms with Crippen LogP contribution in [0.15, 0.2) is 27.1 Å². The number of anilines is 1. The van der Waals surface area contributed by atoms with Crippen LogP contribution in [0.4, 0.5) is 36.4 Å². The second kappa shape index (κ2) is 5.75. The minimum atomic E-state index is -6.56. The third kappa shape index (κ3) is 3.50. The van der Waals surface area contributed by atoms with Crippen molar-refractivity contribution in [3.8, 4) is 0 Å². The molecule has 0 saturated carbocycles. The summed E-state index contributed by atoms with van der Waals surface area (Å²) >= 11 is 5.83. The summed E-state index contributed by atoms with van der Waals surface area (Å²) in [4.78, 5) is 11.1. The molecule has 21 heavy (non-hydrogen) atoms. The number of benzene rings is 1. The highest BCUT2D eigenvalue weighted by Crippen LogP contribution is 2.47. The summed E-state index contributed by atoms with van der Waals surface area (Å²) in [6.45, 7) is 0. The number of rotatable bonds is 3. The fourth-order valence-corrected chi connectivity index (χ4v) is 2.26. The standard InChI is InChI=1S/C10H4Br2F7NO/c11-4-1-2-6(5(12)3-4)20-7(21)8(13,14)9(15,16)10(17,18)19/h1-3H,(H,20,21). The maximum absolute atomic E-state index is 13.1. The van der Waals surface area contributed by atoms with Gasteiger partial charge in [0, 0.05) is 8.95 Å². The van der Waals surface area contributed by atoms with E-state index in [-0.39, 0.29) is 10.2 Å². The predicted octanol–water partition coefficient (Wildman–Crippen LogP) is 4.98. The van der Waals surface area contributed by atoms with Crippen LogP contribution in [0, 0.1) is 0 Å². The van der Waals surface area contributed by atoms with Crippen molar-refractivity contribution in [2.45, 2.75) is 18.0 Å². The summed E-state index contributed by atoms with van der Waals surface area (Å²) in [6, 6.07) is 3.57. The van der Waals surface area contributed by atoms with Crippen LogP contribution in [0.2, 0.25) is 0 Å². The van der Waals surface area contributed by atoms with E-state index in [1.54, 1.807) is 0 Å². The fraction of sp³-hybridized carbons (Fsp3) is 0.300. The van der Waals surface area contributed by atoms with Gasteiger partial charge in [-0.1, -0.05) is 15.9 Å². The summed E-state index contributed by atoms with van der Waals surface area (Å²) < 4.78 is 87.8. The van der Waals surface area contributed by atoms with Crippen molar-refractivity contribution in [1.29, 1.82) is 0 Å².